The van der Waals surface area contributed by atoms with Crippen LogP contribution in [0.1, 0.15) is 31.5 Å². The predicted octanol–water partition coefficient (Wildman–Crippen LogP) is 1.66. The summed E-state index contributed by atoms with van der Waals surface area (Å²) in [6.07, 6.45) is 9.38. The van der Waals surface area contributed by atoms with Crippen molar-refractivity contribution in [3.8, 4) is 0 Å². The molecule has 1 unspecified atom stereocenters. The first-order valence-electron chi connectivity index (χ1n) is 7.17. The molecule has 4 nitrogen and oxygen atoms in total. The summed E-state index contributed by atoms with van der Waals surface area (Å²) in [6, 6.07) is 0.773. The van der Waals surface area contributed by atoms with Gasteiger partial charge in [-0.3, -0.25) is 4.90 Å². The molecule has 2 heterocycles. The average Bonchev–Trinajstić information content (AvgIpc) is 2.80. The topological polar surface area (TPSA) is 33.1 Å². The molecule has 0 bridgehead atoms. The van der Waals surface area contributed by atoms with Gasteiger partial charge in [0, 0.05) is 31.5 Å². The Morgan fingerprint density at radius 3 is 3.00 bits per heavy atom. The van der Waals surface area contributed by atoms with Gasteiger partial charge in [-0.1, -0.05) is 6.42 Å². The number of hydrogen-bond acceptors (Lipinski definition) is 3. The average molecular weight is 250 g/mol. The molecule has 1 aliphatic rings. The summed E-state index contributed by atoms with van der Waals surface area (Å²) in [4.78, 5) is 6.95. The highest BCUT2D eigenvalue weighted by Gasteiger charge is 2.21. The zero-order valence-electron chi connectivity index (χ0n) is 11.7. The van der Waals surface area contributed by atoms with Crippen LogP contribution >= 0.6 is 0 Å². The molecule has 2 rings (SSSR count). The minimum atomic E-state index is 0.773. The molecule has 102 valence electrons. The summed E-state index contributed by atoms with van der Waals surface area (Å²) in [5.74, 6) is 1.12. The van der Waals surface area contributed by atoms with Gasteiger partial charge < -0.3 is 9.88 Å². The van der Waals surface area contributed by atoms with Crippen molar-refractivity contribution in [2.24, 2.45) is 0 Å². The van der Waals surface area contributed by atoms with Crippen molar-refractivity contribution in [3.63, 3.8) is 0 Å². The lowest BCUT2D eigenvalue weighted by molar-refractivity contribution is 0.135. The second kappa shape index (κ2) is 6.90. The first-order chi connectivity index (χ1) is 8.81. The Balaban J connectivity index is 1.83. The van der Waals surface area contributed by atoms with Crippen LogP contribution in [0.2, 0.25) is 0 Å². The van der Waals surface area contributed by atoms with Gasteiger partial charge in [-0.15, -0.1) is 0 Å². The van der Waals surface area contributed by atoms with Crippen LogP contribution in [0.5, 0.6) is 0 Å². The second-order valence-corrected chi connectivity index (χ2v) is 5.25. The highest BCUT2D eigenvalue weighted by Crippen LogP contribution is 2.19. The molecule has 0 aliphatic carbocycles. The van der Waals surface area contributed by atoms with Crippen LogP contribution < -0.4 is 5.32 Å². The molecule has 4 heteroatoms. The van der Waals surface area contributed by atoms with Gasteiger partial charge in [0.25, 0.3) is 0 Å². The molecule has 0 saturated carbocycles. The predicted molar refractivity (Wildman–Crippen MR) is 74.7 cm³/mol. The van der Waals surface area contributed by atoms with Gasteiger partial charge in [0.05, 0.1) is 0 Å². The van der Waals surface area contributed by atoms with E-state index in [2.05, 4.69) is 32.9 Å². The van der Waals surface area contributed by atoms with Crippen molar-refractivity contribution in [1.82, 2.24) is 19.8 Å². The fraction of sp³-hybridized carbons (Fsp3) is 0.786. The van der Waals surface area contributed by atoms with Gasteiger partial charge in [-0.2, -0.15) is 0 Å². The number of nitrogens with one attached hydrogen (secondary N) is 1. The van der Waals surface area contributed by atoms with E-state index in [9.17, 15) is 0 Å². The molecule has 0 radical (unpaired) electrons. The molecule has 1 aliphatic heterocycles. The van der Waals surface area contributed by atoms with Crippen LogP contribution in [0.4, 0.5) is 0 Å². The lowest BCUT2D eigenvalue weighted by Gasteiger charge is -2.36. The number of aromatic nitrogens is 2. The maximum absolute atomic E-state index is 4.28. The van der Waals surface area contributed by atoms with Crippen molar-refractivity contribution in [2.75, 3.05) is 26.7 Å². The van der Waals surface area contributed by atoms with Crippen LogP contribution in [0.15, 0.2) is 12.4 Å². The van der Waals surface area contributed by atoms with Crippen LogP contribution in [0.3, 0.4) is 0 Å². The van der Waals surface area contributed by atoms with Crippen molar-refractivity contribution < 1.29 is 0 Å². The van der Waals surface area contributed by atoms with Crippen LogP contribution in [0.25, 0.3) is 0 Å². The summed E-state index contributed by atoms with van der Waals surface area (Å²) in [5.41, 5.74) is 0. The lowest BCUT2D eigenvalue weighted by Crippen LogP contribution is -2.42. The number of piperidine rings is 1. The molecule has 1 saturated heterocycles. The zero-order valence-corrected chi connectivity index (χ0v) is 11.7. The molecular formula is C14H26N4. The summed E-state index contributed by atoms with van der Waals surface area (Å²) in [6.45, 7) is 6.70. The van der Waals surface area contributed by atoms with E-state index in [1.807, 2.05) is 13.2 Å². The van der Waals surface area contributed by atoms with E-state index in [-0.39, 0.29) is 0 Å². The number of likely N-dealkylation sites (tertiary alicyclic amines) is 1. The van der Waals surface area contributed by atoms with E-state index in [0.29, 0.717) is 0 Å². The van der Waals surface area contributed by atoms with Gasteiger partial charge in [-0.05, 0) is 46.3 Å². The third-order valence-electron chi connectivity index (χ3n) is 4.03. The molecule has 1 N–H and O–H groups in total. The maximum atomic E-state index is 4.28. The van der Waals surface area contributed by atoms with Crippen molar-refractivity contribution in [2.45, 2.75) is 45.2 Å². The van der Waals surface area contributed by atoms with Gasteiger partial charge in [0.1, 0.15) is 5.82 Å². The molecule has 18 heavy (non-hydrogen) atoms. The number of imidazole rings is 1. The maximum Gasteiger partial charge on any atom is 0.105 e. The SMILES string of the molecule is CNCCC1CCCCN1CCn1ccnc1C. The largest absolute Gasteiger partial charge is 0.334 e. The third kappa shape index (κ3) is 3.56. The van der Waals surface area contributed by atoms with Crippen molar-refractivity contribution >= 4 is 0 Å². The first-order valence-corrected chi connectivity index (χ1v) is 7.17. The first kappa shape index (κ1) is 13.6. The number of nitrogens with zero attached hydrogens (tertiary/aromatic N) is 3. The summed E-state index contributed by atoms with van der Waals surface area (Å²) < 4.78 is 2.25. The van der Waals surface area contributed by atoms with E-state index < -0.39 is 0 Å². The Morgan fingerprint density at radius 2 is 2.28 bits per heavy atom. The fourth-order valence-corrected chi connectivity index (χ4v) is 2.87. The van der Waals surface area contributed by atoms with Gasteiger partial charge in [-0.25, -0.2) is 4.98 Å². The van der Waals surface area contributed by atoms with E-state index in [0.717, 1.165) is 31.5 Å². The highest BCUT2D eigenvalue weighted by molar-refractivity contribution is 4.89. The highest BCUT2D eigenvalue weighted by atomic mass is 15.2. The number of aryl methyl sites for hydroxylation is 1. The quantitative estimate of drug-likeness (QED) is 0.833. The van der Waals surface area contributed by atoms with E-state index >= 15 is 0 Å². The second-order valence-electron chi connectivity index (χ2n) is 5.25. The normalized spacial score (nSPS) is 21.3. The fourth-order valence-electron chi connectivity index (χ4n) is 2.87. The Kier molecular flexibility index (Phi) is 5.20. The smallest absolute Gasteiger partial charge is 0.105 e. The van der Waals surface area contributed by atoms with Crippen molar-refractivity contribution in [1.29, 1.82) is 0 Å². The molecule has 1 fully saturated rings. The van der Waals surface area contributed by atoms with E-state index in [1.165, 1.54) is 32.2 Å². The van der Waals surface area contributed by atoms with Crippen LogP contribution in [0, 0.1) is 6.92 Å². The molecule has 0 amide bonds. The molecule has 1 aromatic rings. The Labute approximate surface area is 110 Å². The Bertz CT molecular complexity index is 347. The molecular weight excluding hydrogens is 224 g/mol. The third-order valence-corrected chi connectivity index (χ3v) is 4.03. The summed E-state index contributed by atoms with van der Waals surface area (Å²) in [7, 11) is 2.04. The van der Waals surface area contributed by atoms with Gasteiger partial charge in [0.15, 0.2) is 0 Å². The number of hydrogen-bond donors (Lipinski definition) is 1. The monoisotopic (exact) mass is 250 g/mol. The molecule has 0 aromatic carbocycles. The standard InChI is InChI=1S/C14H26N4/c1-13-16-8-10-17(13)11-12-18-9-4-3-5-14(18)6-7-15-2/h8,10,14-15H,3-7,9,11-12H2,1-2H3. The van der Waals surface area contributed by atoms with Crippen LogP contribution in [-0.2, 0) is 6.54 Å². The molecule has 0 spiro atoms. The molecule has 1 atom stereocenters. The lowest BCUT2D eigenvalue weighted by atomic mass is 9.99. The Morgan fingerprint density at radius 1 is 1.39 bits per heavy atom. The summed E-state index contributed by atoms with van der Waals surface area (Å²) >= 11 is 0. The van der Waals surface area contributed by atoms with E-state index in [4.69, 9.17) is 0 Å². The zero-order chi connectivity index (χ0) is 12.8. The minimum absolute atomic E-state index is 0.773. The van der Waals surface area contributed by atoms with Crippen molar-refractivity contribution in [3.05, 3.63) is 18.2 Å². The Hall–Kier alpha value is -0.870. The van der Waals surface area contributed by atoms with Crippen LogP contribution in [-0.4, -0.2) is 47.2 Å². The van der Waals surface area contributed by atoms with E-state index in [1.54, 1.807) is 0 Å². The minimum Gasteiger partial charge on any atom is -0.334 e. The molecule has 1 aromatic heterocycles. The van der Waals surface area contributed by atoms with Gasteiger partial charge in [0.2, 0.25) is 0 Å². The number of rotatable bonds is 6. The summed E-state index contributed by atoms with van der Waals surface area (Å²) in [5, 5.41) is 3.27. The van der Waals surface area contributed by atoms with Gasteiger partial charge >= 0.3 is 0 Å².